The fraction of sp³-hybridized carbons (Fsp3) is 0. The molecule has 0 aromatic carbocycles. The maximum absolute atomic E-state index is 0. The summed E-state index contributed by atoms with van der Waals surface area (Å²) in [4.78, 5) is 0. The maximum Gasteiger partial charge on any atom is 0 e. The second kappa shape index (κ2) is 18.6. The first-order chi connectivity index (χ1) is 0. The molecule has 28 valence electrons. The zero-order chi connectivity index (χ0) is 0. The fourth-order valence-corrected chi connectivity index (χ4v) is 0. The molecule has 0 aliphatic heterocycles. The van der Waals surface area contributed by atoms with Gasteiger partial charge in [0.25, 0.3) is 0 Å². The van der Waals surface area contributed by atoms with Gasteiger partial charge in [0.2, 0.25) is 0 Å². The average molecular weight is 348 g/mol. The van der Waals surface area contributed by atoms with Crippen molar-refractivity contribution in [3.05, 3.63) is 0 Å². The van der Waals surface area contributed by atoms with E-state index in [4.69, 9.17) is 0 Å². The van der Waals surface area contributed by atoms with Gasteiger partial charge in [0, 0.05) is 73.2 Å². The van der Waals surface area contributed by atoms with Crippen molar-refractivity contribution in [2.24, 2.45) is 0 Å². The normalized spacial score (nSPS) is 0. The Morgan fingerprint density at radius 2 is 1.00 bits per heavy atom. The van der Waals surface area contributed by atoms with E-state index in [2.05, 4.69) is 0 Å². The summed E-state index contributed by atoms with van der Waals surface area (Å²) in [5.41, 5.74) is 0. The summed E-state index contributed by atoms with van der Waals surface area (Å²) < 4.78 is 0. The van der Waals surface area contributed by atoms with E-state index >= 15 is 0 Å². The third-order valence-electron chi connectivity index (χ3n) is 0. The molecule has 0 aliphatic rings. The van der Waals surface area contributed by atoms with Crippen molar-refractivity contribution in [2.45, 2.75) is 0 Å². The molecule has 0 aromatic heterocycles. The summed E-state index contributed by atoms with van der Waals surface area (Å²) in [5.74, 6) is 0. The van der Waals surface area contributed by atoms with Crippen LogP contribution in [0.5, 0.6) is 0 Å². The Bertz CT molecular complexity index is 8.00. The number of hydrogen-bond donors (Lipinski definition) is 0. The van der Waals surface area contributed by atoms with Crippen LogP contribution in [0.4, 0.5) is 0 Å². The molecular weight excluding hydrogens is 348 g/mol. The Balaban J connectivity index is 0. The SMILES string of the molecule is [Mn].[Ni].[V].[W]. The van der Waals surface area contributed by atoms with Crippen molar-refractivity contribution < 1.29 is 73.2 Å². The van der Waals surface area contributed by atoms with Crippen LogP contribution in [0.25, 0.3) is 0 Å². The fourth-order valence-electron chi connectivity index (χ4n) is 0. The van der Waals surface area contributed by atoms with Gasteiger partial charge in [-0.25, -0.2) is 0 Å². The van der Waals surface area contributed by atoms with Gasteiger partial charge in [-0.2, -0.15) is 0 Å². The van der Waals surface area contributed by atoms with E-state index < -0.39 is 0 Å². The topological polar surface area (TPSA) is 0 Å². The quantitative estimate of drug-likeness (QED) is 0.540. The summed E-state index contributed by atoms with van der Waals surface area (Å²) in [5, 5.41) is 0. The zero-order valence-electron chi connectivity index (χ0n) is 1.55. The Labute approximate surface area is 72.4 Å². The first-order valence-corrected chi connectivity index (χ1v) is 0. The smallest absolute Gasteiger partial charge is 0 e. The van der Waals surface area contributed by atoms with Crippen molar-refractivity contribution >= 4 is 0 Å². The van der Waals surface area contributed by atoms with E-state index in [1.54, 1.807) is 0 Å². The van der Waals surface area contributed by atoms with Crippen LogP contribution >= 0.6 is 0 Å². The van der Waals surface area contributed by atoms with Crippen LogP contribution in [-0.2, 0) is 73.2 Å². The van der Waals surface area contributed by atoms with Crippen molar-refractivity contribution in [1.29, 1.82) is 0 Å². The van der Waals surface area contributed by atoms with Gasteiger partial charge < -0.3 is 0 Å². The molecule has 0 aromatic rings. The molecular formula is MnNiVW. The van der Waals surface area contributed by atoms with Crippen LogP contribution in [0, 0.1) is 0 Å². The molecule has 0 heterocycles. The maximum atomic E-state index is 0. The Kier molecular flexibility index (Phi) is 156. The molecule has 0 bridgehead atoms. The van der Waals surface area contributed by atoms with Gasteiger partial charge >= 0.3 is 0 Å². The van der Waals surface area contributed by atoms with Crippen LogP contribution in [0.15, 0.2) is 0 Å². The molecule has 4 heavy (non-hydrogen) atoms. The van der Waals surface area contributed by atoms with Crippen molar-refractivity contribution in [1.82, 2.24) is 0 Å². The van der Waals surface area contributed by atoms with Gasteiger partial charge in [-0.1, -0.05) is 0 Å². The zero-order valence-corrected chi connectivity index (χ0v) is 8.05. The summed E-state index contributed by atoms with van der Waals surface area (Å²) in [6.45, 7) is 0. The molecule has 0 N–H and O–H groups in total. The monoisotopic (exact) mass is 348 g/mol. The molecule has 0 spiro atoms. The first kappa shape index (κ1) is 33.6. The molecule has 0 unspecified atom stereocenters. The van der Waals surface area contributed by atoms with Gasteiger partial charge in [0.15, 0.2) is 0 Å². The third-order valence-corrected chi connectivity index (χ3v) is 0. The standard InChI is InChI=1S/Mn.Ni.V.W. The molecule has 2 radical (unpaired) electrons. The minimum Gasteiger partial charge on any atom is 0 e. The largest absolute Gasteiger partial charge is 0 e. The molecule has 0 atom stereocenters. The molecule has 0 fully saturated rings. The van der Waals surface area contributed by atoms with Crippen LogP contribution in [0.1, 0.15) is 0 Å². The second-order valence-corrected chi connectivity index (χ2v) is 0. The molecule has 0 amide bonds. The van der Waals surface area contributed by atoms with E-state index in [1.165, 1.54) is 0 Å². The third kappa shape index (κ3) is 8.86. The average Bonchev–Trinajstić information content (AvgIpc) is 0. The van der Waals surface area contributed by atoms with E-state index in [0.717, 1.165) is 0 Å². The van der Waals surface area contributed by atoms with Gasteiger partial charge in [-0.05, 0) is 0 Å². The Morgan fingerprint density at radius 3 is 1.00 bits per heavy atom. The summed E-state index contributed by atoms with van der Waals surface area (Å²) >= 11 is 0. The van der Waals surface area contributed by atoms with E-state index in [0.29, 0.717) is 0 Å². The predicted molar refractivity (Wildman–Crippen MR) is 0 cm³/mol. The molecule has 0 aliphatic carbocycles. The van der Waals surface area contributed by atoms with Crippen LogP contribution in [0.2, 0.25) is 0 Å². The number of hydrogen-bond acceptors (Lipinski definition) is 0. The number of rotatable bonds is 0. The minimum absolute atomic E-state index is 0. The molecule has 0 saturated heterocycles. The molecule has 0 saturated carbocycles. The van der Waals surface area contributed by atoms with Crippen molar-refractivity contribution in [2.75, 3.05) is 0 Å². The van der Waals surface area contributed by atoms with E-state index in [9.17, 15) is 0 Å². The van der Waals surface area contributed by atoms with Gasteiger partial charge in [-0.15, -0.1) is 0 Å². The molecule has 0 rings (SSSR count). The van der Waals surface area contributed by atoms with Gasteiger partial charge in [0.05, 0.1) is 0 Å². The minimum atomic E-state index is 0. The first-order valence-electron chi connectivity index (χ1n) is 0. The Morgan fingerprint density at radius 1 is 1.00 bits per heavy atom. The summed E-state index contributed by atoms with van der Waals surface area (Å²) in [6.07, 6.45) is 0. The van der Waals surface area contributed by atoms with Crippen LogP contribution < -0.4 is 0 Å². The predicted octanol–water partition coefficient (Wildman–Crippen LogP) is -0.0100. The summed E-state index contributed by atoms with van der Waals surface area (Å²) in [7, 11) is 0. The van der Waals surface area contributed by atoms with Crippen LogP contribution in [0.3, 0.4) is 0 Å². The van der Waals surface area contributed by atoms with E-state index in [-0.39, 0.29) is 73.2 Å². The summed E-state index contributed by atoms with van der Waals surface area (Å²) in [6, 6.07) is 0. The Hall–Kier alpha value is 2.29. The molecule has 4 heteroatoms. The van der Waals surface area contributed by atoms with Crippen molar-refractivity contribution in [3.8, 4) is 0 Å². The van der Waals surface area contributed by atoms with Gasteiger partial charge in [-0.3, -0.25) is 0 Å². The van der Waals surface area contributed by atoms with Gasteiger partial charge in [0.1, 0.15) is 0 Å². The van der Waals surface area contributed by atoms with Crippen LogP contribution in [-0.4, -0.2) is 0 Å². The second-order valence-electron chi connectivity index (χ2n) is 0. The van der Waals surface area contributed by atoms with E-state index in [1.807, 2.05) is 0 Å². The molecule has 0 nitrogen and oxygen atoms in total. The van der Waals surface area contributed by atoms with Crippen molar-refractivity contribution in [3.63, 3.8) is 0 Å².